The van der Waals surface area contributed by atoms with E-state index in [9.17, 15) is 14.0 Å². The first-order valence-corrected chi connectivity index (χ1v) is 5.25. The molecule has 0 bridgehead atoms. The number of nitrogens with one attached hydrogen (secondary N) is 1. The Bertz CT molecular complexity index is 403. The minimum atomic E-state index is -1.07. The van der Waals surface area contributed by atoms with Gasteiger partial charge >= 0.3 is 5.97 Å². The number of benzene rings is 1. The minimum absolute atomic E-state index is 0.184. The van der Waals surface area contributed by atoms with Gasteiger partial charge in [-0.1, -0.05) is 12.1 Å². The van der Waals surface area contributed by atoms with Crippen LogP contribution >= 0.6 is 0 Å². The fraction of sp³-hybridized carbons (Fsp3) is 0.333. The van der Waals surface area contributed by atoms with E-state index in [-0.39, 0.29) is 18.1 Å². The summed E-state index contributed by atoms with van der Waals surface area (Å²) in [6.45, 7) is 1.40. The van der Waals surface area contributed by atoms with Crippen LogP contribution in [0.4, 0.5) is 4.39 Å². The van der Waals surface area contributed by atoms with Gasteiger partial charge in [-0.25, -0.2) is 4.39 Å². The fourth-order valence-electron chi connectivity index (χ4n) is 1.28. The third-order valence-corrected chi connectivity index (χ3v) is 2.30. The van der Waals surface area contributed by atoms with Gasteiger partial charge in [0.15, 0.2) is 0 Å². The summed E-state index contributed by atoms with van der Waals surface area (Å²) in [7, 11) is 0. The Labute approximate surface area is 98.5 Å². The van der Waals surface area contributed by atoms with Gasteiger partial charge in [0.05, 0.1) is 0 Å². The Morgan fingerprint density at radius 2 is 1.94 bits per heavy atom. The molecule has 1 amide bonds. The second-order valence-electron chi connectivity index (χ2n) is 3.75. The third-order valence-electron chi connectivity index (χ3n) is 2.30. The molecule has 92 valence electrons. The van der Waals surface area contributed by atoms with E-state index in [0.717, 1.165) is 5.56 Å². The monoisotopic (exact) mass is 239 g/mol. The van der Waals surface area contributed by atoms with Crippen molar-refractivity contribution in [1.82, 2.24) is 5.32 Å². The number of carbonyl (C=O) groups excluding carboxylic acids is 1. The number of carbonyl (C=O) groups is 2. The van der Waals surface area contributed by atoms with Gasteiger partial charge in [0.1, 0.15) is 11.9 Å². The molecule has 0 radical (unpaired) electrons. The Morgan fingerprint density at radius 1 is 1.35 bits per heavy atom. The standard InChI is InChI=1S/C12H14FNO3/c1-8(12(16)17)14-11(15)7-4-9-2-5-10(13)6-3-9/h2-3,5-6,8H,4,7H2,1H3,(H,14,15)(H,16,17)/t8-/m1/s1. The van der Waals surface area contributed by atoms with Crippen molar-refractivity contribution >= 4 is 11.9 Å². The Kier molecular flexibility index (Phi) is 4.63. The lowest BCUT2D eigenvalue weighted by Gasteiger charge is -2.08. The summed E-state index contributed by atoms with van der Waals surface area (Å²) in [5.74, 6) is -1.72. The van der Waals surface area contributed by atoms with Crippen LogP contribution in [0, 0.1) is 5.82 Å². The van der Waals surface area contributed by atoms with Gasteiger partial charge < -0.3 is 10.4 Å². The highest BCUT2D eigenvalue weighted by Gasteiger charge is 2.13. The maximum Gasteiger partial charge on any atom is 0.325 e. The maximum atomic E-state index is 12.6. The van der Waals surface area contributed by atoms with Crippen LogP contribution in [-0.4, -0.2) is 23.0 Å². The Balaban J connectivity index is 2.38. The molecule has 1 aromatic rings. The summed E-state index contributed by atoms with van der Waals surface area (Å²) in [6, 6.07) is 4.96. The zero-order valence-corrected chi connectivity index (χ0v) is 9.44. The third kappa shape index (κ3) is 4.63. The molecule has 17 heavy (non-hydrogen) atoms. The number of carboxylic acid groups (broad SMARTS) is 1. The summed E-state index contributed by atoms with van der Waals surface area (Å²) in [6.07, 6.45) is 0.641. The molecular weight excluding hydrogens is 225 g/mol. The van der Waals surface area contributed by atoms with E-state index in [4.69, 9.17) is 5.11 Å². The van der Waals surface area contributed by atoms with E-state index < -0.39 is 12.0 Å². The van der Waals surface area contributed by atoms with Gasteiger partial charge in [-0.2, -0.15) is 0 Å². The molecule has 1 rings (SSSR count). The zero-order valence-electron chi connectivity index (χ0n) is 9.44. The normalized spacial score (nSPS) is 11.9. The SMILES string of the molecule is C[C@@H](NC(=O)CCc1ccc(F)cc1)C(=O)O. The molecule has 0 saturated carbocycles. The van der Waals surface area contributed by atoms with Crippen LogP contribution < -0.4 is 5.32 Å². The predicted octanol–water partition coefficient (Wildman–Crippen LogP) is 1.35. The van der Waals surface area contributed by atoms with Crippen LogP contribution in [0.2, 0.25) is 0 Å². The second kappa shape index (κ2) is 5.98. The van der Waals surface area contributed by atoms with Crippen molar-refractivity contribution in [2.24, 2.45) is 0 Å². The van der Waals surface area contributed by atoms with Gasteiger partial charge in [-0.15, -0.1) is 0 Å². The molecule has 0 aliphatic heterocycles. The van der Waals surface area contributed by atoms with Crippen molar-refractivity contribution < 1.29 is 19.1 Å². The fourth-order valence-corrected chi connectivity index (χ4v) is 1.28. The lowest BCUT2D eigenvalue weighted by atomic mass is 10.1. The summed E-state index contributed by atoms with van der Waals surface area (Å²) >= 11 is 0. The van der Waals surface area contributed by atoms with Gasteiger partial charge in [0.25, 0.3) is 0 Å². The first-order valence-electron chi connectivity index (χ1n) is 5.25. The molecule has 0 unspecified atom stereocenters. The average Bonchev–Trinajstić information content (AvgIpc) is 2.28. The van der Waals surface area contributed by atoms with Gasteiger partial charge in [0.2, 0.25) is 5.91 Å². The Morgan fingerprint density at radius 3 is 2.47 bits per heavy atom. The van der Waals surface area contributed by atoms with Crippen LogP contribution in [0.5, 0.6) is 0 Å². The van der Waals surface area contributed by atoms with Crippen molar-refractivity contribution in [3.8, 4) is 0 Å². The van der Waals surface area contributed by atoms with E-state index in [1.165, 1.54) is 19.1 Å². The van der Waals surface area contributed by atoms with E-state index in [0.29, 0.717) is 6.42 Å². The molecule has 1 aromatic carbocycles. The molecule has 0 heterocycles. The molecular formula is C12H14FNO3. The second-order valence-corrected chi connectivity index (χ2v) is 3.75. The highest BCUT2D eigenvalue weighted by Crippen LogP contribution is 2.05. The topological polar surface area (TPSA) is 66.4 Å². The molecule has 0 spiro atoms. The Hall–Kier alpha value is -1.91. The average molecular weight is 239 g/mol. The van der Waals surface area contributed by atoms with Crippen molar-refractivity contribution in [1.29, 1.82) is 0 Å². The molecule has 5 heteroatoms. The van der Waals surface area contributed by atoms with Gasteiger partial charge in [0, 0.05) is 6.42 Å². The first kappa shape index (κ1) is 13.2. The number of aryl methyl sites for hydroxylation is 1. The summed E-state index contributed by atoms with van der Waals surface area (Å²) in [4.78, 5) is 21.8. The van der Waals surface area contributed by atoms with Crippen LogP contribution in [0.25, 0.3) is 0 Å². The summed E-state index contributed by atoms with van der Waals surface area (Å²) < 4.78 is 12.6. The van der Waals surface area contributed by atoms with Crippen molar-refractivity contribution in [3.05, 3.63) is 35.6 Å². The van der Waals surface area contributed by atoms with E-state index in [1.54, 1.807) is 12.1 Å². The molecule has 0 fully saturated rings. The summed E-state index contributed by atoms with van der Waals surface area (Å²) in [5, 5.41) is 10.9. The lowest BCUT2D eigenvalue weighted by molar-refractivity contribution is -0.141. The number of rotatable bonds is 5. The highest BCUT2D eigenvalue weighted by atomic mass is 19.1. The van der Waals surface area contributed by atoms with Crippen LogP contribution in [-0.2, 0) is 16.0 Å². The minimum Gasteiger partial charge on any atom is -0.480 e. The molecule has 1 atom stereocenters. The first-order chi connectivity index (χ1) is 7.99. The zero-order chi connectivity index (χ0) is 12.8. The van der Waals surface area contributed by atoms with Crippen molar-refractivity contribution in [2.45, 2.75) is 25.8 Å². The van der Waals surface area contributed by atoms with E-state index in [2.05, 4.69) is 5.32 Å². The molecule has 2 N–H and O–H groups in total. The van der Waals surface area contributed by atoms with E-state index >= 15 is 0 Å². The number of carboxylic acids is 1. The number of aliphatic carboxylic acids is 1. The number of halogens is 1. The molecule has 0 aliphatic rings. The summed E-state index contributed by atoms with van der Waals surface area (Å²) in [5.41, 5.74) is 0.838. The quantitative estimate of drug-likeness (QED) is 0.815. The van der Waals surface area contributed by atoms with Crippen molar-refractivity contribution in [3.63, 3.8) is 0 Å². The van der Waals surface area contributed by atoms with Crippen LogP contribution in [0.1, 0.15) is 18.9 Å². The molecule has 0 aromatic heterocycles. The van der Waals surface area contributed by atoms with Gasteiger partial charge in [-0.05, 0) is 31.0 Å². The highest BCUT2D eigenvalue weighted by molar-refractivity contribution is 5.83. The largest absolute Gasteiger partial charge is 0.480 e. The molecule has 0 aliphatic carbocycles. The van der Waals surface area contributed by atoms with Gasteiger partial charge in [-0.3, -0.25) is 9.59 Å². The lowest BCUT2D eigenvalue weighted by Crippen LogP contribution is -2.38. The van der Waals surface area contributed by atoms with Crippen LogP contribution in [0.3, 0.4) is 0 Å². The maximum absolute atomic E-state index is 12.6. The number of amides is 1. The smallest absolute Gasteiger partial charge is 0.325 e. The number of hydrogen-bond donors (Lipinski definition) is 2. The van der Waals surface area contributed by atoms with E-state index in [1.807, 2.05) is 0 Å². The molecule has 4 nitrogen and oxygen atoms in total. The van der Waals surface area contributed by atoms with Crippen LogP contribution in [0.15, 0.2) is 24.3 Å². The predicted molar refractivity (Wildman–Crippen MR) is 60.0 cm³/mol. The van der Waals surface area contributed by atoms with Crippen molar-refractivity contribution in [2.75, 3.05) is 0 Å². The number of hydrogen-bond acceptors (Lipinski definition) is 2. The molecule has 0 saturated heterocycles.